The zero-order valence-corrected chi connectivity index (χ0v) is 12.1. The molecular formula is C13H10BrN5O. The van der Waals surface area contributed by atoms with Crippen molar-refractivity contribution in [1.29, 1.82) is 0 Å². The fraction of sp³-hybridized carbons (Fsp3) is 0.0769. The second kappa shape index (κ2) is 5.01. The van der Waals surface area contributed by atoms with Gasteiger partial charge < -0.3 is 0 Å². The Kier molecular flexibility index (Phi) is 3.19. The Bertz CT molecular complexity index is 784. The van der Waals surface area contributed by atoms with Gasteiger partial charge in [0.05, 0.1) is 11.3 Å². The van der Waals surface area contributed by atoms with Gasteiger partial charge in [-0.05, 0) is 47.1 Å². The molecule has 0 unspecified atom stereocenters. The van der Waals surface area contributed by atoms with E-state index in [0.717, 1.165) is 10.2 Å². The third kappa shape index (κ3) is 2.27. The number of aryl methyl sites for hydroxylation is 1. The van der Waals surface area contributed by atoms with Crippen LogP contribution in [0, 0.1) is 6.92 Å². The van der Waals surface area contributed by atoms with E-state index >= 15 is 0 Å². The first-order valence-electron chi connectivity index (χ1n) is 5.88. The monoisotopic (exact) mass is 331 g/mol. The van der Waals surface area contributed by atoms with Crippen molar-refractivity contribution < 1.29 is 4.79 Å². The highest BCUT2D eigenvalue weighted by Crippen LogP contribution is 2.18. The first kappa shape index (κ1) is 12.7. The van der Waals surface area contributed by atoms with Crippen molar-refractivity contribution in [2.45, 2.75) is 6.92 Å². The summed E-state index contributed by atoms with van der Waals surface area (Å²) in [6, 6.07) is 7.10. The largest absolute Gasteiger partial charge is 0.289 e. The fourth-order valence-corrected chi connectivity index (χ4v) is 2.07. The van der Waals surface area contributed by atoms with Crippen molar-refractivity contribution in [2.24, 2.45) is 0 Å². The third-order valence-electron chi connectivity index (χ3n) is 2.82. The Morgan fingerprint density at radius 1 is 1.35 bits per heavy atom. The molecule has 0 saturated carbocycles. The quantitative estimate of drug-likeness (QED) is 0.782. The Labute approximate surface area is 123 Å². The lowest BCUT2D eigenvalue weighted by Crippen LogP contribution is -2.13. The van der Waals surface area contributed by atoms with E-state index in [0.29, 0.717) is 11.2 Å². The van der Waals surface area contributed by atoms with E-state index in [1.807, 2.05) is 19.1 Å². The van der Waals surface area contributed by atoms with Gasteiger partial charge in [0.1, 0.15) is 0 Å². The molecule has 1 N–H and O–H groups in total. The van der Waals surface area contributed by atoms with E-state index in [9.17, 15) is 4.79 Å². The van der Waals surface area contributed by atoms with E-state index in [-0.39, 0.29) is 11.9 Å². The summed E-state index contributed by atoms with van der Waals surface area (Å²) in [5.74, 6) is -0.0224. The van der Waals surface area contributed by atoms with Crippen LogP contribution in [0.2, 0.25) is 0 Å². The maximum atomic E-state index is 12.0. The van der Waals surface area contributed by atoms with Crippen molar-refractivity contribution in [3.05, 3.63) is 52.4 Å². The summed E-state index contributed by atoms with van der Waals surface area (Å²) in [5, 5.41) is 6.92. The average molecular weight is 332 g/mol. The second-order valence-corrected chi connectivity index (χ2v) is 5.02. The van der Waals surface area contributed by atoms with Gasteiger partial charge in [-0.3, -0.25) is 15.1 Å². The summed E-state index contributed by atoms with van der Waals surface area (Å²) in [7, 11) is 0. The predicted octanol–water partition coefficient (Wildman–Crippen LogP) is 2.45. The Hall–Kier alpha value is -2.28. The molecule has 0 atom stereocenters. The maximum absolute atomic E-state index is 12.0. The van der Waals surface area contributed by atoms with E-state index in [4.69, 9.17) is 0 Å². The lowest BCUT2D eigenvalue weighted by Gasteiger charge is -2.00. The Morgan fingerprint density at radius 3 is 2.95 bits per heavy atom. The highest BCUT2D eigenvalue weighted by molar-refractivity contribution is 9.10. The minimum atomic E-state index is -0.286. The van der Waals surface area contributed by atoms with Crippen LogP contribution in [-0.2, 0) is 0 Å². The molecule has 3 rings (SSSR count). The van der Waals surface area contributed by atoms with E-state index in [2.05, 4.69) is 36.3 Å². The summed E-state index contributed by atoms with van der Waals surface area (Å²) in [4.78, 5) is 20.2. The van der Waals surface area contributed by atoms with Crippen molar-refractivity contribution in [3.63, 3.8) is 0 Å². The molecule has 0 fully saturated rings. The maximum Gasteiger partial charge on any atom is 0.259 e. The molecule has 0 bridgehead atoms. The normalized spacial score (nSPS) is 10.7. The molecule has 0 aliphatic rings. The summed E-state index contributed by atoms with van der Waals surface area (Å²) in [6.07, 6.45) is 3.10. The van der Waals surface area contributed by atoms with Crippen molar-refractivity contribution in [1.82, 2.24) is 19.6 Å². The van der Waals surface area contributed by atoms with Gasteiger partial charge in [0.15, 0.2) is 5.65 Å². The number of carbonyl (C=O) groups is 1. The van der Waals surface area contributed by atoms with Gasteiger partial charge in [0.25, 0.3) is 5.91 Å². The molecule has 0 radical (unpaired) electrons. The standard InChI is InChI=1S/C13H10BrN5O/c1-8-10(14)4-5-11-16-13(18-19(8)11)17-12(20)9-3-2-6-15-7-9/h2-7H,1H3,(H,17,18,20). The van der Waals surface area contributed by atoms with Crippen LogP contribution < -0.4 is 5.32 Å². The number of pyridine rings is 2. The lowest BCUT2D eigenvalue weighted by atomic mass is 10.3. The molecule has 3 aromatic rings. The van der Waals surface area contributed by atoms with Gasteiger partial charge in [-0.2, -0.15) is 4.98 Å². The molecule has 7 heteroatoms. The zero-order valence-electron chi connectivity index (χ0n) is 10.5. The van der Waals surface area contributed by atoms with Crippen LogP contribution in [0.25, 0.3) is 5.65 Å². The number of halogens is 1. The number of hydrogen-bond acceptors (Lipinski definition) is 4. The molecular weight excluding hydrogens is 322 g/mol. The predicted molar refractivity (Wildman–Crippen MR) is 77.6 cm³/mol. The summed E-state index contributed by atoms with van der Waals surface area (Å²) in [5.41, 5.74) is 2.05. The number of anilines is 1. The van der Waals surface area contributed by atoms with Gasteiger partial charge in [0.2, 0.25) is 5.95 Å². The van der Waals surface area contributed by atoms with Crippen LogP contribution in [0.15, 0.2) is 41.1 Å². The molecule has 0 spiro atoms. The van der Waals surface area contributed by atoms with Crippen LogP contribution in [0.5, 0.6) is 0 Å². The van der Waals surface area contributed by atoms with Crippen molar-refractivity contribution >= 4 is 33.4 Å². The van der Waals surface area contributed by atoms with Crippen molar-refractivity contribution in [2.75, 3.05) is 5.32 Å². The smallest absolute Gasteiger partial charge is 0.259 e. The number of nitrogens with one attached hydrogen (secondary N) is 1. The third-order valence-corrected chi connectivity index (χ3v) is 3.66. The molecule has 3 heterocycles. The first-order chi connectivity index (χ1) is 9.65. The Balaban J connectivity index is 1.92. The van der Waals surface area contributed by atoms with Crippen LogP contribution in [0.3, 0.4) is 0 Å². The lowest BCUT2D eigenvalue weighted by molar-refractivity contribution is 0.102. The minimum Gasteiger partial charge on any atom is -0.289 e. The Morgan fingerprint density at radius 2 is 2.20 bits per heavy atom. The number of nitrogens with zero attached hydrogens (tertiary/aromatic N) is 4. The summed E-state index contributed by atoms with van der Waals surface area (Å²) < 4.78 is 2.60. The highest BCUT2D eigenvalue weighted by Gasteiger charge is 2.11. The van der Waals surface area contributed by atoms with Crippen LogP contribution in [-0.4, -0.2) is 25.5 Å². The van der Waals surface area contributed by atoms with E-state index < -0.39 is 0 Å². The van der Waals surface area contributed by atoms with E-state index in [1.54, 1.807) is 22.8 Å². The first-order valence-corrected chi connectivity index (χ1v) is 6.68. The minimum absolute atomic E-state index is 0.264. The molecule has 0 aromatic carbocycles. The summed E-state index contributed by atoms with van der Waals surface area (Å²) in [6.45, 7) is 1.92. The van der Waals surface area contributed by atoms with Gasteiger partial charge in [0, 0.05) is 16.9 Å². The molecule has 0 saturated heterocycles. The van der Waals surface area contributed by atoms with Gasteiger partial charge in [-0.15, -0.1) is 5.10 Å². The second-order valence-electron chi connectivity index (χ2n) is 4.17. The topological polar surface area (TPSA) is 72.2 Å². The number of rotatable bonds is 2. The molecule has 100 valence electrons. The molecule has 20 heavy (non-hydrogen) atoms. The molecule has 0 aliphatic carbocycles. The van der Waals surface area contributed by atoms with Gasteiger partial charge in [-0.25, -0.2) is 4.52 Å². The molecule has 6 nitrogen and oxygen atoms in total. The molecule has 1 amide bonds. The average Bonchev–Trinajstić information content (AvgIpc) is 2.87. The molecule has 3 aromatic heterocycles. The molecule has 0 aliphatic heterocycles. The van der Waals surface area contributed by atoms with Crippen LogP contribution in [0.1, 0.15) is 16.1 Å². The van der Waals surface area contributed by atoms with E-state index in [1.165, 1.54) is 6.20 Å². The zero-order chi connectivity index (χ0) is 14.1. The number of hydrogen-bond donors (Lipinski definition) is 1. The highest BCUT2D eigenvalue weighted by atomic mass is 79.9. The fourth-order valence-electron chi connectivity index (χ4n) is 1.77. The van der Waals surface area contributed by atoms with Crippen LogP contribution in [0.4, 0.5) is 5.95 Å². The number of amides is 1. The SMILES string of the molecule is Cc1c(Br)ccc2nc(NC(=O)c3cccnc3)nn12. The van der Waals surface area contributed by atoms with Gasteiger partial charge in [-0.1, -0.05) is 0 Å². The van der Waals surface area contributed by atoms with Gasteiger partial charge >= 0.3 is 0 Å². The number of aromatic nitrogens is 4. The van der Waals surface area contributed by atoms with Crippen molar-refractivity contribution in [3.8, 4) is 0 Å². The number of fused-ring (bicyclic) bond motifs is 1. The summed E-state index contributed by atoms with van der Waals surface area (Å²) >= 11 is 3.43. The van der Waals surface area contributed by atoms with Crippen LogP contribution >= 0.6 is 15.9 Å². The number of carbonyl (C=O) groups excluding carboxylic acids is 1.